The van der Waals surface area contributed by atoms with E-state index in [1.165, 1.54) is 18.2 Å². The average molecular weight is 631 g/mol. The predicted octanol–water partition coefficient (Wildman–Crippen LogP) is 6.42. The molecule has 0 radical (unpaired) electrons. The Morgan fingerprint density at radius 3 is 2.32 bits per heavy atom. The van der Waals surface area contributed by atoms with Gasteiger partial charge in [0.15, 0.2) is 17.3 Å². The smallest absolute Gasteiger partial charge is 0.217 e. The first kappa shape index (κ1) is 26.8. The predicted molar refractivity (Wildman–Crippen MR) is 147 cm³/mol. The van der Waals surface area contributed by atoms with Crippen molar-refractivity contribution < 1.29 is 29.0 Å². The van der Waals surface area contributed by atoms with Gasteiger partial charge >= 0.3 is 0 Å². The molecule has 0 atom stereocenters. The number of hydrogen-bond donors (Lipinski definition) is 3. The van der Waals surface area contributed by atoms with E-state index in [-0.39, 0.29) is 35.4 Å². The molecule has 0 fully saturated rings. The summed E-state index contributed by atoms with van der Waals surface area (Å²) in [6.07, 6.45) is 2.43. The third-order valence-corrected chi connectivity index (χ3v) is 7.13. The number of primary amides is 1. The number of phenolic OH excluding ortho intramolecular Hbond substituents is 2. The zero-order valence-corrected chi connectivity index (χ0v) is 23.0. The molecule has 0 spiro atoms. The molecule has 0 aliphatic heterocycles. The first-order valence-corrected chi connectivity index (χ1v) is 13.3. The summed E-state index contributed by atoms with van der Waals surface area (Å²) in [7, 11) is 0. The van der Waals surface area contributed by atoms with Crippen LogP contribution in [0.15, 0.2) is 68.0 Å². The Kier molecular flexibility index (Phi) is 8.56. The number of ketones is 1. The number of hydrogen-bond acceptors (Lipinski definition) is 6. The van der Waals surface area contributed by atoms with Crippen molar-refractivity contribution >= 4 is 54.5 Å². The Morgan fingerprint density at radius 2 is 1.65 bits per heavy atom. The summed E-state index contributed by atoms with van der Waals surface area (Å²) < 4.78 is 12.6. The highest BCUT2D eigenvalue weighted by Gasteiger charge is 2.25. The topological polar surface area (TPSA) is 123 Å². The van der Waals surface area contributed by atoms with Crippen LogP contribution in [0.2, 0.25) is 0 Å². The summed E-state index contributed by atoms with van der Waals surface area (Å²) in [5.74, 6) is -0.153. The van der Waals surface area contributed by atoms with Crippen molar-refractivity contribution in [3.05, 3.63) is 86.0 Å². The van der Waals surface area contributed by atoms with Gasteiger partial charge in [0, 0.05) is 36.3 Å². The number of unbranched alkanes of at least 4 members (excludes halogenated alkanes) is 1. The molecule has 1 heterocycles. The minimum atomic E-state index is -0.387. The Bertz CT molecular complexity index is 1430. The molecule has 1 amide bonds. The van der Waals surface area contributed by atoms with Crippen LogP contribution in [0.5, 0.6) is 17.2 Å². The van der Waals surface area contributed by atoms with E-state index in [0.29, 0.717) is 69.1 Å². The highest BCUT2D eigenvalue weighted by Crippen LogP contribution is 2.39. The summed E-state index contributed by atoms with van der Waals surface area (Å²) in [5, 5.41) is 21.2. The van der Waals surface area contributed by atoms with Crippen LogP contribution < -0.4 is 10.5 Å². The van der Waals surface area contributed by atoms with E-state index in [9.17, 15) is 19.8 Å². The molecule has 4 aromatic rings. The maximum Gasteiger partial charge on any atom is 0.217 e. The van der Waals surface area contributed by atoms with Gasteiger partial charge in [-0.3, -0.25) is 9.59 Å². The Morgan fingerprint density at radius 1 is 0.946 bits per heavy atom. The number of nitrogens with two attached hydrogens (primary N) is 1. The number of aryl methyl sites for hydroxylation is 1. The molecule has 3 aromatic carbocycles. The number of rotatable bonds is 11. The monoisotopic (exact) mass is 629 g/mol. The highest BCUT2D eigenvalue weighted by molar-refractivity contribution is 9.11. The molecule has 192 valence electrons. The van der Waals surface area contributed by atoms with E-state index in [2.05, 4.69) is 31.9 Å². The second-order valence-corrected chi connectivity index (χ2v) is 10.3. The lowest BCUT2D eigenvalue weighted by molar-refractivity contribution is -0.118. The Balaban J connectivity index is 1.67. The number of amides is 1. The number of carbonyl (C=O) groups is 2. The number of carbonyl (C=O) groups excluding carboxylic acids is 2. The number of ether oxygens (including phenoxy) is 1. The molecule has 7 nitrogen and oxygen atoms in total. The van der Waals surface area contributed by atoms with E-state index in [0.717, 1.165) is 5.56 Å². The lowest BCUT2D eigenvalue weighted by atomic mass is 9.97. The van der Waals surface area contributed by atoms with Gasteiger partial charge in [-0.2, -0.15) is 0 Å². The molecule has 37 heavy (non-hydrogen) atoms. The molecule has 9 heteroatoms. The summed E-state index contributed by atoms with van der Waals surface area (Å²) in [5.41, 5.74) is 7.39. The van der Waals surface area contributed by atoms with Gasteiger partial charge in [-0.15, -0.1) is 0 Å². The van der Waals surface area contributed by atoms with Crippen molar-refractivity contribution in [1.29, 1.82) is 0 Å². The first-order chi connectivity index (χ1) is 17.7. The number of phenols is 2. The van der Waals surface area contributed by atoms with Crippen molar-refractivity contribution in [3.8, 4) is 17.2 Å². The molecule has 0 bridgehead atoms. The Hall–Kier alpha value is -3.30. The van der Waals surface area contributed by atoms with Crippen LogP contribution in [0.25, 0.3) is 11.0 Å². The minimum absolute atomic E-state index is 0.0183. The van der Waals surface area contributed by atoms with E-state index < -0.39 is 0 Å². The van der Waals surface area contributed by atoms with E-state index in [1.54, 1.807) is 6.07 Å². The number of aromatic hydroxyl groups is 2. The molecular weight excluding hydrogens is 606 g/mol. The van der Waals surface area contributed by atoms with Crippen molar-refractivity contribution in [3.63, 3.8) is 0 Å². The fourth-order valence-electron chi connectivity index (χ4n) is 4.05. The van der Waals surface area contributed by atoms with Crippen LogP contribution >= 0.6 is 31.9 Å². The molecule has 0 saturated carbocycles. The Labute approximate surface area is 230 Å². The average Bonchev–Trinajstić information content (AvgIpc) is 3.21. The maximum absolute atomic E-state index is 13.7. The number of furan rings is 1. The normalized spacial score (nSPS) is 11.1. The van der Waals surface area contributed by atoms with Crippen LogP contribution in [0, 0.1) is 0 Å². The maximum atomic E-state index is 13.7. The zero-order valence-electron chi connectivity index (χ0n) is 19.8. The highest BCUT2D eigenvalue weighted by atomic mass is 79.9. The van der Waals surface area contributed by atoms with Gasteiger partial charge in [0.25, 0.3) is 0 Å². The van der Waals surface area contributed by atoms with Crippen molar-refractivity contribution in [1.82, 2.24) is 0 Å². The fourth-order valence-corrected chi connectivity index (χ4v) is 5.24. The summed E-state index contributed by atoms with van der Waals surface area (Å²) in [6.45, 7) is 0.352. The lowest BCUT2D eigenvalue weighted by Crippen LogP contribution is -2.10. The third kappa shape index (κ3) is 6.34. The van der Waals surface area contributed by atoms with Gasteiger partial charge in [-0.1, -0.05) is 30.3 Å². The molecule has 0 unspecified atom stereocenters. The second kappa shape index (κ2) is 11.8. The number of fused-ring (bicyclic) bond motifs is 1. The van der Waals surface area contributed by atoms with Crippen LogP contribution in [0.3, 0.4) is 0 Å². The molecule has 4 N–H and O–H groups in total. The fraction of sp³-hybridized carbons (Fsp3) is 0.214. The third-order valence-electron chi connectivity index (χ3n) is 5.92. The van der Waals surface area contributed by atoms with Gasteiger partial charge in [0.1, 0.15) is 17.1 Å². The van der Waals surface area contributed by atoms with Gasteiger partial charge in [0.05, 0.1) is 21.1 Å². The van der Waals surface area contributed by atoms with Crippen molar-refractivity contribution in [2.45, 2.75) is 32.1 Å². The quantitative estimate of drug-likeness (QED) is 0.130. The van der Waals surface area contributed by atoms with Crippen molar-refractivity contribution in [2.24, 2.45) is 5.73 Å². The molecule has 0 aliphatic carbocycles. The van der Waals surface area contributed by atoms with E-state index in [1.807, 2.05) is 30.3 Å². The van der Waals surface area contributed by atoms with E-state index >= 15 is 0 Å². The summed E-state index contributed by atoms with van der Waals surface area (Å²) in [4.78, 5) is 24.8. The SMILES string of the molecule is NC(=O)CCCCc1oc2cc(OCCc3ccccc3)c(O)cc2c1C(=O)c1cc(Br)c(O)c(Br)c1. The standard InChI is InChI=1S/C28H25Br2NO6/c29-19-12-17(13-20(30)28(19)35)27(34)26-18-14-21(32)24(36-11-10-16-6-2-1-3-7-16)15-23(18)37-22(26)8-4-5-9-25(31)33/h1-3,6-7,12-15,32,35H,4-5,8-11H2,(H2,31,33). The largest absolute Gasteiger partial charge is 0.506 e. The van der Waals surface area contributed by atoms with Crippen LogP contribution in [-0.4, -0.2) is 28.5 Å². The van der Waals surface area contributed by atoms with E-state index in [4.69, 9.17) is 14.9 Å². The molecule has 0 saturated heterocycles. The van der Waals surface area contributed by atoms with Crippen LogP contribution in [-0.2, 0) is 17.6 Å². The lowest BCUT2D eigenvalue weighted by Gasteiger charge is -2.09. The zero-order chi connectivity index (χ0) is 26.5. The second-order valence-electron chi connectivity index (χ2n) is 8.59. The van der Waals surface area contributed by atoms with Gasteiger partial charge < -0.3 is 25.1 Å². The summed E-state index contributed by atoms with van der Waals surface area (Å²) >= 11 is 6.54. The first-order valence-electron chi connectivity index (χ1n) is 11.7. The van der Waals surface area contributed by atoms with Crippen LogP contribution in [0.4, 0.5) is 0 Å². The van der Waals surface area contributed by atoms with Gasteiger partial charge in [-0.05, 0) is 68.5 Å². The van der Waals surface area contributed by atoms with Crippen molar-refractivity contribution in [2.75, 3.05) is 6.61 Å². The van der Waals surface area contributed by atoms with Gasteiger partial charge in [0.2, 0.25) is 5.91 Å². The molecule has 4 rings (SSSR count). The number of halogens is 2. The molecule has 0 aliphatic rings. The van der Waals surface area contributed by atoms with Gasteiger partial charge in [-0.25, -0.2) is 0 Å². The summed E-state index contributed by atoms with van der Waals surface area (Å²) in [6, 6.07) is 16.0. The van der Waals surface area contributed by atoms with Crippen LogP contribution in [0.1, 0.15) is 46.5 Å². The number of benzene rings is 3. The molecule has 1 aromatic heterocycles. The molecular formula is C28H25Br2NO6. The minimum Gasteiger partial charge on any atom is -0.506 e.